The number of methoxy groups -OCH3 is 1. The van der Waals surface area contributed by atoms with Crippen molar-refractivity contribution in [1.82, 2.24) is 9.55 Å². The molecule has 0 aliphatic carbocycles. The van der Waals surface area contributed by atoms with E-state index >= 15 is 0 Å². The van der Waals surface area contributed by atoms with E-state index in [-0.39, 0.29) is 11.8 Å². The maximum atomic E-state index is 10.3. The Morgan fingerprint density at radius 1 is 1.83 bits per heavy atom. The van der Waals surface area contributed by atoms with E-state index in [0.29, 0.717) is 6.54 Å². The number of rotatable bonds is 3. The van der Waals surface area contributed by atoms with Crippen LogP contribution in [-0.4, -0.2) is 21.6 Å². The summed E-state index contributed by atoms with van der Waals surface area (Å²) in [5, 5.41) is 10.3. The lowest BCUT2D eigenvalue weighted by Crippen LogP contribution is -1.96. The third kappa shape index (κ3) is 1.36. The molecule has 0 saturated carbocycles. The lowest BCUT2D eigenvalue weighted by Gasteiger charge is -1.94. The Morgan fingerprint density at radius 3 is 2.83 bits per heavy atom. The number of nitrogens with zero attached hydrogens (tertiary/aromatic N) is 3. The van der Waals surface area contributed by atoms with Gasteiger partial charge in [0.25, 0.3) is 0 Å². The molecule has 66 valence electrons. The molecule has 0 fully saturated rings. The summed E-state index contributed by atoms with van der Waals surface area (Å²) in [5.74, 6) is -0.186. The number of nitro groups is 1. The molecule has 1 aromatic rings. The molecule has 0 amide bonds. The first-order valence-corrected chi connectivity index (χ1v) is 3.44. The van der Waals surface area contributed by atoms with Gasteiger partial charge in [-0.2, -0.15) is 0 Å². The molecule has 0 aromatic carbocycles. The van der Waals surface area contributed by atoms with Gasteiger partial charge < -0.3 is 14.9 Å². The Balaban J connectivity index is 3.05. The minimum atomic E-state index is -0.547. The molecule has 1 aromatic heterocycles. The van der Waals surface area contributed by atoms with E-state index in [4.69, 9.17) is 4.74 Å². The number of ether oxygens (including phenoxy) is 1. The predicted octanol–water partition coefficient (Wildman–Crippen LogP) is 0.820. The third-order valence-electron chi connectivity index (χ3n) is 1.44. The number of aryl methyl sites for hydroxylation is 1. The minimum Gasteiger partial charge on any atom is -0.449 e. The zero-order valence-corrected chi connectivity index (χ0v) is 6.85. The second-order valence-electron chi connectivity index (χ2n) is 2.13. The molecule has 6 nitrogen and oxygen atoms in total. The molecule has 0 bridgehead atoms. The zero-order valence-electron chi connectivity index (χ0n) is 6.85. The van der Waals surface area contributed by atoms with Gasteiger partial charge in [0.2, 0.25) is 0 Å². The number of hydrogen-bond acceptors (Lipinski definition) is 4. The Morgan fingerprint density at radius 2 is 2.50 bits per heavy atom. The molecule has 12 heavy (non-hydrogen) atoms. The summed E-state index contributed by atoms with van der Waals surface area (Å²) in [6, 6.07) is 0.268. The molecule has 0 aliphatic rings. The Labute approximate surface area is 68.9 Å². The molecular weight excluding hydrogens is 162 g/mol. The van der Waals surface area contributed by atoms with Crippen molar-refractivity contribution in [3.05, 3.63) is 16.3 Å². The Kier molecular flexibility index (Phi) is 2.27. The largest absolute Gasteiger partial charge is 0.449 e. The number of hydrogen-bond donors (Lipinski definition) is 0. The highest BCUT2D eigenvalue weighted by molar-refractivity contribution is 5.20. The summed E-state index contributed by atoms with van der Waals surface area (Å²) in [7, 11) is 1.43. The van der Waals surface area contributed by atoms with Crippen LogP contribution in [0.25, 0.3) is 0 Å². The molecule has 0 spiro atoms. The van der Waals surface area contributed by atoms with E-state index in [0.717, 1.165) is 0 Å². The van der Waals surface area contributed by atoms with Crippen molar-refractivity contribution in [3.63, 3.8) is 0 Å². The van der Waals surface area contributed by atoms with Crippen molar-refractivity contribution >= 4 is 5.82 Å². The van der Waals surface area contributed by atoms with Gasteiger partial charge in [-0.3, -0.25) is 4.57 Å². The average Bonchev–Trinajstić information content (AvgIpc) is 2.46. The first-order chi connectivity index (χ1) is 5.69. The topological polar surface area (TPSA) is 70.2 Å². The highest BCUT2D eigenvalue weighted by Crippen LogP contribution is 2.16. The van der Waals surface area contributed by atoms with Crippen LogP contribution >= 0.6 is 0 Å². The average molecular weight is 171 g/mol. The first kappa shape index (κ1) is 8.51. The zero-order chi connectivity index (χ0) is 9.14. The van der Waals surface area contributed by atoms with Crippen molar-refractivity contribution < 1.29 is 9.66 Å². The first-order valence-electron chi connectivity index (χ1n) is 3.44. The second kappa shape index (κ2) is 3.21. The van der Waals surface area contributed by atoms with Gasteiger partial charge in [-0.1, -0.05) is 0 Å². The van der Waals surface area contributed by atoms with Crippen LogP contribution in [0.1, 0.15) is 6.92 Å². The molecular formula is C6H9N3O3. The molecule has 1 rings (SSSR count). The molecule has 1 heterocycles. The second-order valence-corrected chi connectivity index (χ2v) is 2.13. The van der Waals surface area contributed by atoms with Crippen molar-refractivity contribution in [2.75, 3.05) is 7.11 Å². The molecule has 0 unspecified atom stereocenters. The molecule has 0 atom stereocenters. The van der Waals surface area contributed by atoms with Crippen LogP contribution in [0.5, 0.6) is 6.01 Å². The monoisotopic (exact) mass is 171 g/mol. The quantitative estimate of drug-likeness (QED) is 0.498. The third-order valence-corrected chi connectivity index (χ3v) is 1.44. The lowest BCUT2D eigenvalue weighted by molar-refractivity contribution is -0.389. The Hall–Kier alpha value is -1.59. The maximum Gasteiger partial charge on any atom is 0.413 e. The smallest absolute Gasteiger partial charge is 0.413 e. The van der Waals surface area contributed by atoms with Gasteiger partial charge in [-0.05, 0) is 11.8 Å². The van der Waals surface area contributed by atoms with E-state index in [1.54, 1.807) is 4.57 Å². The Bertz CT molecular complexity index is 273. The maximum absolute atomic E-state index is 10.3. The van der Waals surface area contributed by atoms with Crippen molar-refractivity contribution in [3.8, 4) is 6.01 Å². The van der Waals surface area contributed by atoms with Gasteiger partial charge in [0.05, 0.1) is 7.11 Å². The lowest BCUT2D eigenvalue weighted by atomic mass is 10.7. The van der Waals surface area contributed by atoms with Gasteiger partial charge in [0.1, 0.15) is 6.20 Å². The number of aromatic nitrogens is 2. The van der Waals surface area contributed by atoms with Gasteiger partial charge in [-0.15, -0.1) is 0 Å². The molecule has 0 N–H and O–H groups in total. The fourth-order valence-electron chi connectivity index (χ4n) is 0.863. The van der Waals surface area contributed by atoms with Crippen LogP contribution in [0, 0.1) is 10.1 Å². The van der Waals surface area contributed by atoms with Gasteiger partial charge in [0, 0.05) is 11.5 Å². The summed E-state index contributed by atoms with van der Waals surface area (Å²) in [6.07, 6.45) is 1.35. The normalized spacial score (nSPS) is 9.83. The summed E-state index contributed by atoms with van der Waals surface area (Å²) >= 11 is 0. The summed E-state index contributed by atoms with van der Waals surface area (Å²) in [6.45, 7) is 2.46. The van der Waals surface area contributed by atoms with E-state index in [1.165, 1.54) is 13.3 Å². The van der Waals surface area contributed by atoms with Crippen LogP contribution in [0.4, 0.5) is 5.82 Å². The molecule has 0 aliphatic heterocycles. The van der Waals surface area contributed by atoms with E-state index in [9.17, 15) is 10.1 Å². The van der Waals surface area contributed by atoms with Crippen LogP contribution < -0.4 is 4.74 Å². The van der Waals surface area contributed by atoms with E-state index in [2.05, 4.69) is 4.98 Å². The molecule has 0 saturated heterocycles. The number of imidazole rings is 1. The standard InChI is InChI=1S/C6H9N3O3/c1-3-8-4-5(9(10)11)7-6(8)12-2/h4H,3H2,1-2H3. The fourth-order valence-corrected chi connectivity index (χ4v) is 0.863. The molecule has 6 heteroatoms. The summed E-state index contributed by atoms with van der Waals surface area (Å²) < 4.78 is 6.38. The minimum absolute atomic E-state index is 0.186. The van der Waals surface area contributed by atoms with Crippen molar-refractivity contribution in [1.29, 1.82) is 0 Å². The van der Waals surface area contributed by atoms with Crippen LogP contribution in [0.2, 0.25) is 0 Å². The summed E-state index contributed by atoms with van der Waals surface area (Å²) in [4.78, 5) is 13.4. The van der Waals surface area contributed by atoms with Crippen LogP contribution in [-0.2, 0) is 6.54 Å². The van der Waals surface area contributed by atoms with E-state index in [1.807, 2.05) is 6.92 Å². The SMILES string of the molecule is CCn1cc([N+](=O)[O-])nc1OC. The summed E-state index contributed by atoms with van der Waals surface area (Å²) in [5.41, 5.74) is 0. The fraction of sp³-hybridized carbons (Fsp3) is 0.500. The van der Waals surface area contributed by atoms with Crippen LogP contribution in [0.15, 0.2) is 6.20 Å². The highest BCUT2D eigenvalue weighted by atomic mass is 16.6. The van der Waals surface area contributed by atoms with Crippen molar-refractivity contribution in [2.24, 2.45) is 0 Å². The van der Waals surface area contributed by atoms with Crippen molar-refractivity contribution in [2.45, 2.75) is 13.5 Å². The van der Waals surface area contributed by atoms with Crippen LogP contribution in [0.3, 0.4) is 0 Å². The van der Waals surface area contributed by atoms with E-state index < -0.39 is 4.92 Å². The van der Waals surface area contributed by atoms with Gasteiger partial charge in [-0.25, -0.2) is 0 Å². The molecule has 0 radical (unpaired) electrons. The highest BCUT2D eigenvalue weighted by Gasteiger charge is 2.17. The van der Waals surface area contributed by atoms with Gasteiger partial charge in [0.15, 0.2) is 0 Å². The predicted molar refractivity (Wildman–Crippen MR) is 41.1 cm³/mol. The van der Waals surface area contributed by atoms with Gasteiger partial charge >= 0.3 is 11.8 Å².